The molecule has 2 N–H and O–H groups in total. The Balaban J connectivity index is 1.70. The van der Waals surface area contributed by atoms with E-state index in [0.717, 1.165) is 16.5 Å². The van der Waals surface area contributed by atoms with Crippen molar-refractivity contribution in [3.05, 3.63) is 103 Å². The lowest BCUT2D eigenvalue weighted by Crippen LogP contribution is -2.83. The van der Waals surface area contributed by atoms with Crippen molar-refractivity contribution in [1.82, 2.24) is 0 Å². The average molecular weight is 391 g/mol. The lowest BCUT2D eigenvalue weighted by atomic mass is 10.0. The summed E-state index contributed by atoms with van der Waals surface area (Å²) in [4.78, 5) is 13.4. The van der Waals surface area contributed by atoms with Crippen molar-refractivity contribution in [1.29, 1.82) is 0 Å². The van der Waals surface area contributed by atoms with Gasteiger partial charge in [-0.15, -0.1) is 11.3 Å². The van der Waals surface area contributed by atoms with Crippen molar-refractivity contribution < 1.29 is 9.73 Å². The van der Waals surface area contributed by atoms with E-state index in [1.54, 1.807) is 17.4 Å². The van der Waals surface area contributed by atoms with E-state index >= 15 is 0 Å². The molecule has 1 atom stereocenters. The Morgan fingerprint density at radius 2 is 1.75 bits per heavy atom. The van der Waals surface area contributed by atoms with Crippen LogP contribution in [0.2, 0.25) is 0 Å². The molecule has 2 aromatic carbocycles. The lowest BCUT2D eigenvalue weighted by molar-refractivity contribution is -0.701. The molecular weight excluding hydrogens is 366 g/mol. The summed E-state index contributed by atoms with van der Waals surface area (Å²) in [6.45, 7) is 6.94. The fourth-order valence-electron chi connectivity index (χ4n) is 3.56. The van der Waals surface area contributed by atoms with Gasteiger partial charge in [-0.2, -0.15) is 0 Å². The van der Waals surface area contributed by atoms with Crippen LogP contribution in [-0.2, 0) is 6.54 Å². The molecule has 0 fully saturated rings. The van der Waals surface area contributed by atoms with Gasteiger partial charge in [-0.1, -0.05) is 35.9 Å². The number of hydrogen-bond acceptors (Lipinski definition) is 3. The smallest absolute Gasteiger partial charge is 0.336 e. The zero-order valence-electron chi connectivity index (χ0n) is 16.4. The van der Waals surface area contributed by atoms with Crippen molar-refractivity contribution in [3.8, 4) is 0 Å². The highest BCUT2D eigenvalue weighted by atomic mass is 32.1. The topological polar surface area (TPSA) is 46.8 Å². The van der Waals surface area contributed by atoms with Crippen molar-refractivity contribution in [2.75, 3.05) is 0 Å². The Bertz CT molecular complexity index is 1160. The second-order valence-corrected chi connectivity index (χ2v) is 8.35. The number of aryl methyl sites for hydroxylation is 3. The number of thiophene rings is 1. The Kier molecular flexibility index (Phi) is 5.16. The predicted molar refractivity (Wildman–Crippen MR) is 115 cm³/mol. The summed E-state index contributed by atoms with van der Waals surface area (Å²) in [6, 6.07) is 18.9. The highest BCUT2D eigenvalue weighted by Gasteiger charge is 2.19. The van der Waals surface area contributed by atoms with Gasteiger partial charge in [-0.05, 0) is 55.5 Å². The minimum atomic E-state index is -0.290. The molecule has 142 valence electrons. The number of nitrogens with two attached hydrogens (primary N) is 1. The molecule has 0 unspecified atom stereocenters. The highest BCUT2D eigenvalue weighted by molar-refractivity contribution is 7.10. The number of quaternary nitrogens is 1. The van der Waals surface area contributed by atoms with Crippen LogP contribution in [-0.4, -0.2) is 0 Å². The quantitative estimate of drug-likeness (QED) is 0.505. The van der Waals surface area contributed by atoms with E-state index in [4.69, 9.17) is 4.42 Å². The molecule has 3 nitrogen and oxygen atoms in total. The first-order valence-corrected chi connectivity index (χ1v) is 10.4. The summed E-state index contributed by atoms with van der Waals surface area (Å²) in [5, 5.41) is 5.44. The molecule has 0 amide bonds. The van der Waals surface area contributed by atoms with Gasteiger partial charge in [0.15, 0.2) is 0 Å². The molecule has 4 rings (SSSR count). The van der Waals surface area contributed by atoms with Crippen LogP contribution in [0.3, 0.4) is 0 Å². The molecule has 2 aromatic heterocycles. The summed E-state index contributed by atoms with van der Waals surface area (Å²) < 4.78 is 5.45. The summed E-state index contributed by atoms with van der Waals surface area (Å²) in [6.07, 6.45) is 0. The average Bonchev–Trinajstić information content (AvgIpc) is 3.19. The van der Waals surface area contributed by atoms with Crippen LogP contribution < -0.4 is 10.9 Å². The molecular formula is C24H24NO2S+. The number of benzene rings is 2. The van der Waals surface area contributed by atoms with Gasteiger partial charge in [-0.25, -0.2) is 4.79 Å². The fourth-order valence-corrected chi connectivity index (χ4v) is 4.41. The Morgan fingerprint density at radius 1 is 1.00 bits per heavy atom. The summed E-state index contributed by atoms with van der Waals surface area (Å²) in [5.74, 6) is 0. The first-order chi connectivity index (χ1) is 13.5. The van der Waals surface area contributed by atoms with Gasteiger partial charge in [0.25, 0.3) is 0 Å². The van der Waals surface area contributed by atoms with Gasteiger partial charge < -0.3 is 9.73 Å². The van der Waals surface area contributed by atoms with Crippen LogP contribution in [0.15, 0.2) is 69.2 Å². The maximum Gasteiger partial charge on any atom is 0.336 e. The molecule has 0 aliphatic carbocycles. The molecule has 0 saturated heterocycles. The monoisotopic (exact) mass is 390 g/mol. The first-order valence-electron chi connectivity index (χ1n) is 9.48. The zero-order valence-corrected chi connectivity index (χ0v) is 17.2. The zero-order chi connectivity index (χ0) is 19.7. The van der Waals surface area contributed by atoms with Crippen LogP contribution in [0.25, 0.3) is 11.0 Å². The molecule has 0 radical (unpaired) electrons. The van der Waals surface area contributed by atoms with Gasteiger partial charge in [-0.3, -0.25) is 0 Å². The summed E-state index contributed by atoms with van der Waals surface area (Å²) in [5.41, 5.74) is 6.26. The Hall–Kier alpha value is -2.69. The third kappa shape index (κ3) is 3.79. The maximum absolute atomic E-state index is 12.1. The van der Waals surface area contributed by atoms with Crippen molar-refractivity contribution in [3.63, 3.8) is 0 Å². The van der Waals surface area contributed by atoms with E-state index in [0.29, 0.717) is 12.1 Å². The summed E-state index contributed by atoms with van der Waals surface area (Å²) in [7, 11) is 0. The van der Waals surface area contributed by atoms with Crippen LogP contribution in [0, 0.1) is 20.8 Å². The third-order valence-electron chi connectivity index (χ3n) is 5.30. The van der Waals surface area contributed by atoms with Gasteiger partial charge in [0, 0.05) is 22.6 Å². The van der Waals surface area contributed by atoms with Gasteiger partial charge >= 0.3 is 5.63 Å². The van der Waals surface area contributed by atoms with Crippen molar-refractivity contribution in [2.45, 2.75) is 33.4 Å². The molecule has 0 aliphatic heterocycles. The Labute approximate surface area is 168 Å². The van der Waals surface area contributed by atoms with Crippen molar-refractivity contribution >= 4 is 22.3 Å². The second-order valence-electron chi connectivity index (χ2n) is 7.37. The van der Waals surface area contributed by atoms with E-state index in [-0.39, 0.29) is 11.7 Å². The largest absolute Gasteiger partial charge is 0.423 e. The minimum Gasteiger partial charge on any atom is -0.423 e. The van der Waals surface area contributed by atoms with Gasteiger partial charge in [0.2, 0.25) is 0 Å². The first kappa shape index (κ1) is 18.7. The standard InChI is InChI=1S/C24H23NO2S/c1-15-6-8-18(9-7-15)24(22-5-4-10-28-22)25-14-19-13-23(26)27-21-12-17(3)16(2)11-20(19)21/h4-13,24-25H,14H2,1-3H3/p+1/t24-/m1/s1. The molecule has 28 heavy (non-hydrogen) atoms. The van der Waals surface area contributed by atoms with E-state index in [1.165, 1.54) is 21.6 Å². The number of fused-ring (bicyclic) bond motifs is 1. The number of hydrogen-bond donors (Lipinski definition) is 1. The molecule has 0 saturated carbocycles. The number of rotatable bonds is 5. The maximum atomic E-state index is 12.1. The third-order valence-corrected chi connectivity index (χ3v) is 6.26. The molecule has 4 heteroatoms. The summed E-state index contributed by atoms with van der Waals surface area (Å²) >= 11 is 1.76. The molecule has 0 spiro atoms. The predicted octanol–water partition coefficient (Wildman–Crippen LogP) is 4.63. The van der Waals surface area contributed by atoms with E-state index in [2.05, 4.69) is 67.0 Å². The fraction of sp³-hybridized carbons (Fsp3) is 0.208. The van der Waals surface area contributed by atoms with Crippen LogP contribution in [0.1, 0.15) is 38.7 Å². The normalized spacial score (nSPS) is 12.4. The van der Waals surface area contributed by atoms with Crippen LogP contribution in [0.4, 0.5) is 0 Å². The lowest BCUT2D eigenvalue weighted by Gasteiger charge is -2.16. The molecule has 4 aromatic rings. The van der Waals surface area contributed by atoms with Crippen molar-refractivity contribution in [2.24, 2.45) is 0 Å². The van der Waals surface area contributed by atoms with E-state index in [9.17, 15) is 4.79 Å². The second kappa shape index (κ2) is 7.74. The molecule has 0 bridgehead atoms. The SMILES string of the molecule is Cc1ccc([C@@H]([NH2+]Cc2cc(=O)oc3cc(C)c(C)cc23)c2cccs2)cc1. The molecule has 0 aliphatic rings. The Morgan fingerprint density at radius 3 is 2.46 bits per heavy atom. The minimum absolute atomic E-state index is 0.203. The van der Waals surface area contributed by atoms with E-state index < -0.39 is 0 Å². The van der Waals surface area contributed by atoms with E-state index in [1.807, 2.05) is 13.0 Å². The molecule has 2 heterocycles. The van der Waals surface area contributed by atoms with Crippen LogP contribution >= 0.6 is 11.3 Å². The highest BCUT2D eigenvalue weighted by Crippen LogP contribution is 2.24. The van der Waals surface area contributed by atoms with Gasteiger partial charge in [0.1, 0.15) is 18.2 Å². The van der Waals surface area contributed by atoms with Gasteiger partial charge in [0.05, 0.1) is 4.88 Å². The van der Waals surface area contributed by atoms with Crippen LogP contribution in [0.5, 0.6) is 0 Å².